The van der Waals surface area contributed by atoms with E-state index >= 15 is 0 Å². The number of ether oxygens (including phenoxy) is 2. The topological polar surface area (TPSA) is 104 Å². The number of alkyl halides is 3. The Morgan fingerprint density at radius 2 is 1.79 bits per heavy atom. The van der Waals surface area contributed by atoms with Crippen molar-refractivity contribution in [1.82, 2.24) is 9.97 Å². The number of carbonyl (C=O) groups is 1. The normalized spacial score (nSPS) is 11.2. The van der Waals surface area contributed by atoms with Crippen molar-refractivity contribution in [2.45, 2.75) is 11.3 Å². The highest BCUT2D eigenvalue weighted by molar-refractivity contribution is 7.99. The summed E-state index contributed by atoms with van der Waals surface area (Å²) in [5.74, 6) is -0.133. The summed E-state index contributed by atoms with van der Waals surface area (Å²) in [5.41, 5.74) is -1.08. The van der Waals surface area contributed by atoms with E-state index in [0.29, 0.717) is 28.8 Å². The molecular formula is C21H16F3N3O5S. The van der Waals surface area contributed by atoms with Crippen LogP contribution in [0.3, 0.4) is 0 Å². The number of non-ortho nitro benzene ring substituents is 1. The van der Waals surface area contributed by atoms with Crippen LogP contribution in [0.25, 0.3) is 11.3 Å². The van der Waals surface area contributed by atoms with Gasteiger partial charge in [-0.05, 0) is 24.3 Å². The number of benzene rings is 2. The van der Waals surface area contributed by atoms with E-state index in [9.17, 15) is 28.1 Å². The van der Waals surface area contributed by atoms with Gasteiger partial charge in [0.05, 0.1) is 30.6 Å². The number of methoxy groups -OCH3 is 2. The molecule has 0 radical (unpaired) electrons. The molecule has 0 saturated carbocycles. The molecule has 0 unspecified atom stereocenters. The number of Topliss-reactive ketones (excluding diaryl/α,β-unsaturated/α-hetero) is 1. The lowest BCUT2D eigenvalue weighted by molar-refractivity contribution is -0.384. The second-order valence-corrected chi connectivity index (χ2v) is 7.45. The fraction of sp³-hybridized carbons (Fsp3) is 0.190. The number of nitro benzene ring substituents is 1. The summed E-state index contributed by atoms with van der Waals surface area (Å²) in [6, 6.07) is 10.4. The summed E-state index contributed by atoms with van der Waals surface area (Å²) in [6.07, 6.45) is -4.74. The molecule has 0 saturated heterocycles. The molecule has 0 bridgehead atoms. The van der Waals surface area contributed by atoms with Crippen LogP contribution in [0.1, 0.15) is 16.1 Å². The second kappa shape index (κ2) is 9.86. The molecule has 1 aromatic heterocycles. The van der Waals surface area contributed by atoms with Gasteiger partial charge in [0.1, 0.15) is 5.69 Å². The number of rotatable bonds is 8. The first-order valence-electron chi connectivity index (χ1n) is 9.21. The lowest BCUT2D eigenvalue weighted by Gasteiger charge is -2.12. The minimum absolute atomic E-state index is 0.0245. The molecule has 0 spiro atoms. The Hall–Kier alpha value is -3.67. The monoisotopic (exact) mass is 479 g/mol. The van der Waals surface area contributed by atoms with Gasteiger partial charge in [0, 0.05) is 23.3 Å². The summed E-state index contributed by atoms with van der Waals surface area (Å²) in [5, 5.41) is 10.6. The van der Waals surface area contributed by atoms with E-state index in [1.165, 1.54) is 50.6 Å². The molecule has 3 aromatic rings. The predicted molar refractivity (Wildman–Crippen MR) is 114 cm³/mol. The molecule has 8 nitrogen and oxygen atoms in total. The smallest absolute Gasteiger partial charge is 0.433 e. The first-order chi connectivity index (χ1) is 15.6. The van der Waals surface area contributed by atoms with Gasteiger partial charge in [-0.15, -0.1) is 0 Å². The van der Waals surface area contributed by atoms with E-state index in [1.54, 1.807) is 0 Å². The molecule has 33 heavy (non-hydrogen) atoms. The molecule has 3 rings (SSSR count). The van der Waals surface area contributed by atoms with Crippen LogP contribution in [0.5, 0.6) is 11.5 Å². The van der Waals surface area contributed by atoms with E-state index in [0.717, 1.165) is 12.1 Å². The number of aromatic nitrogens is 2. The number of hydrogen-bond acceptors (Lipinski definition) is 8. The van der Waals surface area contributed by atoms with Crippen molar-refractivity contribution < 1.29 is 32.4 Å². The molecule has 0 N–H and O–H groups in total. The third-order valence-electron chi connectivity index (χ3n) is 4.39. The van der Waals surface area contributed by atoms with Gasteiger partial charge >= 0.3 is 6.18 Å². The Labute approximate surface area is 189 Å². The molecule has 1 heterocycles. The lowest BCUT2D eigenvalue weighted by atomic mass is 10.1. The maximum Gasteiger partial charge on any atom is 0.433 e. The molecule has 12 heteroatoms. The molecule has 172 valence electrons. The van der Waals surface area contributed by atoms with Crippen molar-refractivity contribution in [3.8, 4) is 22.8 Å². The van der Waals surface area contributed by atoms with Gasteiger partial charge in [0.25, 0.3) is 5.69 Å². The maximum atomic E-state index is 13.4. The van der Waals surface area contributed by atoms with Crippen molar-refractivity contribution in [3.05, 3.63) is 69.9 Å². The molecular weight excluding hydrogens is 463 g/mol. The van der Waals surface area contributed by atoms with E-state index in [1.807, 2.05) is 0 Å². The molecule has 2 aromatic carbocycles. The molecule has 0 aliphatic heterocycles. The van der Waals surface area contributed by atoms with Gasteiger partial charge in [-0.2, -0.15) is 13.2 Å². The Morgan fingerprint density at radius 1 is 1.06 bits per heavy atom. The number of nitrogens with zero attached hydrogens (tertiary/aromatic N) is 3. The zero-order valence-electron chi connectivity index (χ0n) is 17.3. The molecule has 0 amide bonds. The molecule has 0 atom stereocenters. The number of carbonyl (C=O) groups excluding carboxylic acids is 1. The fourth-order valence-electron chi connectivity index (χ4n) is 2.78. The first kappa shape index (κ1) is 24.0. The zero-order valence-corrected chi connectivity index (χ0v) is 18.1. The third-order valence-corrected chi connectivity index (χ3v) is 5.23. The van der Waals surface area contributed by atoms with E-state index < -0.39 is 22.6 Å². The molecule has 0 aliphatic carbocycles. The average Bonchev–Trinajstić information content (AvgIpc) is 2.81. The number of ketones is 1. The van der Waals surface area contributed by atoms with Crippen molar-refractivity contribution >= 4 is 23.2 Å². The third kappa shape index (κ3) is 5.77. The Balaban J connectivity index is 1.92. The van der Waals surface area contributed by atoms with Gasteiger partial charge in [0.15, 0.2) is 22.4 Å². The van der Waals surface area contributed by atoms with Crippen molar-refractivity contribution in [2.24, 2.45) is 0 Å². The minimum atomic E-state index is -4.74. The number of hydrogen-bond donors (Lipinski definition) is 0. The molecule has 0 aliphatic rings. The second-order valence-electron chi connectivity index (χ2n) is 6.51. The van der Waals surface area contributed by atoms with Gasteiger partial charge in [-0.1, -0.05) is 23.9 Å². The number of halogens is 3. The summed E-state index contributed by atoms with van der Waals surface area (Å²) >= 11 is 0.697. The van der Waals surface area contributed by atoms with Crippen LogP contribution < -0.4 is 9.47 Å². The highest BCUT2D eigenvalue weighted by Crippen LogP contribution is 2.35. The van der Waals surface area contributed by atoms with E-state index in [4.69, 9.17) is 9.47 Å². The van der Waals surface area contributed by atoms with Gasteiger partial charge in [-0.3, -0.25) is 14.9 Å². The SMILES string of the molecule is COc1ccc(-c2cc(C(F)(F)F)nc(SCC(=O)c3cccc([N+](=O)[O-])c3)n2)cc1OC. The number of thioether (sulfide) groups is 1. The lowest BCUT2D eigenvalue weighted by Crippen LogP contribution is -2.11. The Morgan fingerprint density at radius 3 is 2.42 bits per heavy atom. The minimum Gasteiger partial charge on any atom is -0.493 e. The van der Waals surface area contributed by atoms with E-state index in [2.05, 4.69) is 9.97 Å². The van der Waals surface area contributed by atoms with Crippen LogP contribution in [0, 0.1) is 10.1 Å². The summed E-state index contributed by atoms with van der Waals surface area (Å²) in [6.45, 7) is 0. The van der Waals surface area contributed by atoms with Crippen LogP contribution in [-0.4, -0.2) is 40.6 Å². The van der Waals surface area contributed by atoms with Gasteiger partial charge in [0.2, 0.25) is 0 Å². The summed E-state index contributed by atoms with van der Waals surface area (Å²) < 4.78 is 50.6. The van der Waals surface area contributed by atoms with Crippen molar-refractivity contribution in [2.75, 3.05) is 20.0 Å². The predicted octanol–water partition coefficient (Wildman–Crippen LogP) is 5.06. The maximum absolute atomic E-state index is 13.4. The van der Waals surface area contributed by atoms with Crippen LogP contribution in [0.4, 0.5) is 18.9 Å². The Kier molecular flexibility index (Phi) is 7.16. The number of nitro groups is 1. The van der Waals surface area contributed by atoms with Gasteiger partial charge in [-0.25, -0.2) is 9.97 Å². The fourth-order valence-corrected chi connectivity index (χ4v) is 3.54. The summed E-state index contributed by atoms with van der Waals surface area (Å²) in [4.78, 5) is 30.4. The van der Waals surface area contributed by atoms with Crippen molar-refractivity contribution in [3.63, 3.8) is 0 Å². The largest absolute Gasteiger partial charge is 0.493 e. The van der Waals surface area contributed by atoms with Gasteiger partial charge < -0.3 is 9.47 Å². The average molecular weight is 479 g/mol. The van der Waals surface area contributed by atoms with E-state index in [-0.39, 0.29) is 27.9 Å². The highest BCUT2D eigenvalue weighted by Gasteiger charge is 2.34. The molecule has 0 fully saturated rings. The summed E-state index contributed by atoms with van der Waals surface area (Å²) in [7, 11) is 2.82. The quantitative estimate of drug-likeness (QED) is 0.145. The standard InChI is InChI=1S/C21H16F3N3O5S/c1-31-17-7-6-12(9-18(17)32-2)15-10-19(21(22,23)24)26-20(25-15)33-11-16(28)13-4-3-5-14(8-13)27(29)30/h3-10H,11H2,1-2H3. The van der Waals surface area contributed by atoms with Crippen LogP contribution in [0.2, 0.25) is 0 Å². The first-order valence-corrected chi connectivity index (χ1v) is 10.2. The zero-order chi connectivity index (χ0) is 24.2. The van der Waals surface area contributed by atoms with Crippen LogP contribution >= 0.6 is 11.8 Å². The van der Waals surface area contributed by atoms with Crippen LogP contribution in [0.15, 0.2) is 53.7 Å². The highest BCUT2D eigenvalue weighted by atomic mass is 32.2. The Bertz CT molecular complexity index is 1200. The van der Waals surface area contributed by atoms with Crippen molar-refractivity contribution in [1.29, 1.82) is 0 Å². The van der Waals surface area contributed by atoms with Crippen LogP contribution in [-0.2, 0) is 6.18 Å².